The lowest BCUT2D eigenvalue weighted by Crippen LogP contribution is -2.36. The van der Waals surface area contributed by atoms with Gasteiger partial charge in [0.25, 0.3) is 0 Å². The van der Waals surface area contributed by atoms with Gasteiger partial charge in [-0.2, -0.15) is 9.49 Å². The summed E-state index contributed by atoms with van der Waals surface area (Å²) in [6.45, 7) is 3.78. The Morgan fingerprint density at radius 3 is 2.78 bits per heavy atom. The second kappa shape index (κ2) is 7.03. The van der Waals surface area contributed by atoms with E-state index in [0.717, 1.165) is 45.6 Å². The maximum absolute atomic E-state index is 13.6. The fourth-order valence-corrected chi connectivity index (χ4v) is 4.42. The average Bonchev–Trinajstić information content (AvgIpc) is 3.20. The second-order valence-corrected chi connectivity index (χ2v) is 7.71. The lowest BCUT2D eigenvalue weighted by atomic mass is 9.98. The van der Waals surface area contributed by atoms with Gasteiger partial charge in [0.15, 0.2) is 5.13 Å². The quantitative estimate of drug-likeness (QED) is 0.521. The number of nitrogens with one attached hydrogen (secondary N) is 1. The van der Waals surface area contributed by atoms with E-state index in [9.17, 15) is 4.39 Å². The Bertz CT molecular complexity index is 1110. The number of pyridine rings is 1. The zero-order valence-electron chi connectivity index (χ0n) is 14.6. The summed E-state index contributed by atoms with van der Waals surface area (Å²) < 4.78 is 16.7. The highest BCUT2D eigenvalue weighted by Crippen LogP contribution is 2.37. The Balaban J connectivity index is 0.00000180. The predicted octanol–water partition coefficient (Wildman–Crippen LogP) is 4.88. The van der Waals surface area contributed by atoms with Crippen molar-refractivity contribution >= 4 is 33.8 Å². The molecule has 4 heterocycles. The monoisotopic (exact) mass is 400 g/mol. The number of hydrogen-bond acceptors (Lipinski definition) is 4. The summed E-state index contributed by atoms with van der Waals surface area (Å²) in [6.07, 6.45) is 3.61. The van der Waals surface area contributed by atoms with Crippen LogP contribution in [0.5, 0.6) is 0 Å². The zero-order valence-corrected chi connectivity index (χ0v) is 16.3. The molecule has 138 valence electrons. The molecule has 0 aliphatic carbocycles. The van der Waals surface area contributed by atoms with E-state index in [1.54, 1.807) is 18.5 Å². The van der Waals surface area contributed by atoms with Gasteiger partial charge in [0.05, 0.1) is 12.2 Å². The molecule has 4 aromatic rings. The fourth-order valence-electron chi connectivity index (χ4n) is 3.59. The van der Waals surface area contributed by atoms with Crippen molar-refractivity contribution in [3.8, 4) is 22.4 Å². The largest absolute Gasteiger partial charge is 0.307 e. The molecule has 0 unspecified atom stereocenters. The zero-order chi connectivity index (χ0) is 17.7. The Morgan fingerprint density at radius 1 is 1.15 bits per heavy atom. The number of nitrogens with zero attached hydrogens (tertiary/aromatic N) is 3. The number of hydrogen-bond donors (Lipinski definition) is 1. The van der Waals surface area contributed by atoms with Gasteiger partial charge in [-0.3, -0.25) is 9.67 Å². The Hall–Kier alpha value is -2.28. The highest BCUT2D eigenvalue weighted by atomic mass is 35.5. The minimum atomic E-state index is -0.159. The van der Waals surface area contributed by atoms with Crippen LogP contribution in [-0.2, 0) is 13.1 Å². The SMILES string of the molecule is C[C@@H]1Cn2nc(-c3ccc4cc(F)sc4c3)c(-c3ccncc3)c2CN1.Cl. The summed E-state index contributed by atoms with van der Waals surface area (Å²) in [5.74, 6) is 0. The van der Waals surface area contributed by atoms with Crippen LogP contribution in [0.4, 0.5) is 4.39 Å². The molecule has 1 aliphatic rings. The van der Waals surface area contributed by atoms with E-state index in [1.807, 2.05) is 30.3 Å². The molecule has 0 bridgehead atoms. The number of fused-ring (bicyclic) bond motifs is 2. The Morgan fingerprint density at radius 2 is 1.96 bits per heavy atom. The molecular formula is C20H18ClFN4S. The number of rotatable bonds is 2. The van der Waals surface area contributed by atoms with Gasteiger partial charge in [0.1, 0.15) is 5.69 Å². The van der Waals surface area contributed by atoms with Crippen molar-refractivity contribution in [2.45, 2.75) is 26.1 Å². The lowest BCUT2D eigenvalue weighted by Gasteiger charge is -2.22. The molecule has 0 fully saturated rings. The summed E-state index contributed by atoms with van der Waals surface area (Å²) in [7, 11) is 0. The number of benzene rings is 1. The van der Waals surface area contributed by atoms with Crippen LogP contribution in [0.1, 0.15) is 12.6 Å². The third-order valence-electron chi connectivity index (χ3n) is 4.85. The molecule has 1 aliphatic heterocycles. The molecule has 1 N–H and O–H groups in total. The van der Waals surface area contributed by atoms with Crippen molar-refractivity contribution in [1.29, 1.82) is 0 Å². The normalized spacial score (nSPS) is 16.1. The van der Waals surface area contributed by atoms with Gasteiger partial charge in [0.2, 0.25) is 0 Å². The second-order valence-electron chi connectivity index (χ2n) is 6.67. The average molecular weight is 401 g/mol. The molecule has 0 saturated carbocycles. The first-order chi connectivity index (χ1) is 12.7. The summed E-state index contributed by atoms with van der Waals surface area (Å²) >= 11 is 1.17. The van der Waals surface area contributed by atoms with E-state index < -0.39 is 0 Å². The van der Waals surface area contributed by atoms with Crippen LogP contribution in [0.2, 0.25) is 0 Å². The lowest BCUT2D eigenvalue weighted by molar-refractivity contribution is 0.390. The van der Waals surface area contributed by atoms with Gasteiger partial charge >= 0.3 is 0 Å². The van der Waals surface area contributed by atoms with Crippen molar-refractivity contribution in [2.75, 3.05) is 0 Å². The van der Waals surface area contributed by atoms with Crippen molar-refractivity contribution in [3.63, 3.8) is 0 Å². The molecule has 0 spiro atoms. The summed E-state index contributed by atoms with van der Waals surface area (Å²) in [5, 5.41) is 9.22. The highest BCUT2D eigenvalue weighted by Gasteiger charge is 2.24. The van der Waals surface area contributed by atoms with Crippen molar-refractivity contribution in [2.24, 2.45) is 0 Å². The van der Waals surface area contributed by atoms with Crippen LogP contribution in [0.15, 0.2) is 48.8 Å². The van der Waals surface area contributed by atoms with Crippen LogP contribution >= 0.6 is 23.7 Å². The van der Waals surface area contributed by atoms with E-state index in [4.69, 9.17) is 5.10 Å². The molecule has 1 aromatic carbocycles. The van der Waals surface area contributed by atoms with Gasteiger partial charge in [0, 0.05) is 40.8 Å². The van der Waals surface area contributed by atoms with Gasteiger partial charge in [-0.1, -0.05) is 12.1 Å². The number of halogens is 2. The van der Waals surface area contributed by atoms with Crippen molar-refractivity contribution < 1.29 is 4.39 Å². The molecular weight excluding hydrogens is 383 g/mol. The number of aromatic nitrogens is 3. The molecule has 27 heavy (non-hydrogen) atoms. The van der Waals surface area contributed by atoms with Gasteiger partial charge < -0.3 is 5.32 Å². The number of thiophene rings is 1. The summed E-state index contributed by atoms with van der Waals surface area (Å²) in [6, 6.07) is 12.0. The molecule has 0 saturated heterocycles. The molecule has 7 heteroatoms. The van der Waals surface area contributed by atoms with Crippen LogP contribution in [0, 0.1) is 5.13 Å². The minimum absolute atomic E-state index is 0. The first kappa shape index (κ1) is 18.1. The third-order valence-corrected chi connectivity index (χ3v) is 5.74. The van der Waals surface area contributed by atoms with E-state index in [2.05, 4.69) is 21.9 Å². The maximum Gasteiger partial charge on any atom is 0.177 e. The molecule has 0 radical (unpaired) electrons. The molecule has 5 rings (SSSR count). The molecule has 3 aromatic heterocycles. The Labute approximate surface area is 166 Å². The maximum atomic E-state index is 13.6. The topological polar surface area (TPSA) is 42.7 Å². The standard InChI is InChI=1S/C20H17FN4S.ClH/c1-12-11-25-16(10-23-12)19(13-4-6-22-7-5-13)20(24-25)15-3-2-14-9-18(21)26-17(14)8-15;/h2-9,12,23H,10-11H2,1H3;1H/t12-;/m1./s1. The summed E-state index contributed by atoms with van der Waals surface area (Å²) in [4.78, 5) is 4.14. The van der Waals surface area contributed by atoms with Gasteiger partial charge in [-0.05, 0) is 42.1 Å². The van der Waals surface area contributed by atoms with Crippen LogP contribution < -0.4 is 5.32 Å². The fraction of sp³-hybridized carbons (Fsp3) is 0.200. The van der Waals surface area contributed by atoms with Gasteiger partial charge in [-0.15, -0.1) is 23.7 Å². The smallest absolute Gasteiger partial charge is 0.177 e. The van der Waals surface area contributed by atoms with Crippen LogP contribution in [0.25, 0.3) is 32.5 Å². The van der Waals surface area contributed by atoms with E-state index in [-0.39, 0.29) is 17.5 Å². The minimum Gasteiger partial charge on any atom is -0.307 e. The van der Waals surface area contributed by atoms with Crippen LogP contribution in [-0.4, -0.2) is 20.8 Å². The predicted molar refractivity (Wildman–Crippen MR) is 110 cm³/mol. The summed E-state index contributed by atoms with van der Waals surface area (Å²) in [5.41, 5.74) is 5.37. The first-order valence-electron chi connectivity index (χ1n) is 8.62. The van der Waals surface area contributed by atoms with E-state index >= 15 is 0 Å². The molecule has 1 atom stereocenters. The Kier molecular flexibility index (Phi) is 4.72. The van der Waals surface area contributed by atoms with Crippen molar-refractivity contribution in [1.82, 2.24) is 20.1 Å². The van der Waals surface area contributed by atoms with E-state index in [0.29, 0.717) is 6.04 Å². The first-order valence-corrected chi connectivity index (χ1v) is 9.43. The molecule has 0 amide bonds. The van der Waals surface area contributed by atoms with Crippen molar-refractivity contribution in [3.05, 3.63) is 59.6 Å². The highest BCUT2D eigenvalue weighted by molar-refractivity contribution is 7.17. The van der Waals surface area contributed by atoms with E-state index in [1.165, 1.54) is 17.0 Å². The molecule has 4 nitrogen and oxygen atoms in total. The van der Waals surface area contributed by atoms with Gasteiger partial charge in [-0.25, -0.2) is 0 Å². The van der Waals surface area contributed by atoms with Crippen LogP contribution in [0.3, 0.4) is 0 Å². The third kappa shape index (κ3) is 3.14.